The van der Waals surface area contributed by atoms with Crippen LogP contribution in [0.15, 0.2) is 24.3 Å². The number of carbonyl (C=O) groups is 1. The van der Waals surface area contributed by atoms with E-state index in [0.717, 1.165) is 18.0 Å². The Morgan fingerprint density at radius 2 is 2.00 bits per heavy atom. The highest BCUT2D eigenvalue weighted by atomic mass is 16.1. The molecule has 2 aliphatic rings. The van der Waals surface area contributed by atoms with E-state index < -0.39 is 0 Å². The minimum Gasteiger partial charge on any atom is -0.326 e. The van der Waals surface area contributed by atoms with Crippen molar-refractivity contribution in [2.45, 2.75) is 64.7 Å². The Morgan fingerprint density at radius 3 is 2.76 bits per heavy atom. The average molecular weight is 343 g/mol. The molecule has 138 valence electrons. The topological polar surface area (TPSA) is 32.3 Å². The van der Waals surface area contributed by atoms with Gasteiger partial charge in [0.05, 0.1) is 0 Å². The molecule has 2 heterocycles. The van der Waals surface area contributed by atoms with Gasteiger partial charge in [0.15, 0.2) is 0 Å². The quantitative estimate of drug-likeness (QED) is 0.753. The van der Waals surface area contributed by atoms with Crippen LogP contribution in [0.3, 0.4) is 0 Å². The average Bonchev–Trinajstić information content (AvgIpc) is 2.61. The van der Waals surface area contributed by atoms with Gasteiger partial charge in [-0.2, -0.15) is 0 Å². The molecule has 3 nitrogen and oxygen atoms in total. The largest absolute Gasteiger partial charge is 0.326 e. The molecule has 1 N–H and O–H groups in total. The van der Waals surface area contributed by atoms with Gasteiger partial charge in [0.25, 0.3) is 0 Å². The third kappa shape index (κ3) is 5.07. The van der Waals surface area contributed by atoms with E-state index in [9.17, 15) is 4.79 Å². The molecule has 0 aromatic heterocycles. The fraction of sp³-hybridized carbons (Fsp3) is 0.682. The predicted octanol–water partition coefficient (Wildman–Crippen LogP) is 5.04. The Morgan fingerprint density at radius 1 is 1.24 bits per heavy atom. The molecule has 3 rings (SSSR count). The molecule has 0 bridgehead atoms. The number of likely N-dealkylation sites (tertiary alicyclic amines) is 1. The van der Waals surface area contributed by atoms with Crippen LogP contribution in [0.1, 0.15) is 70.3 Å². The second-order valence-corrected chi connectivity index (χ2v) is 8.26. The highest BCUT2D eigenvalue weighted by Gasteiger charge is 2.27. The van der Waals surface area contributed by atoms with Crippen LogP contribution in [-0.4, -0.2) is 30.4 Å². The van der Waals surface area contributed by atoms with Gasteiger partial charge in [-0.05, 0) is 61.7 Å². The lowest BCUT2D eigenvalue weighted by molar-refractivity contribution is -0.116. The van der Waals surface area contributed by atoms with Crippen LogP contribution in [-0.2, 0) is 4.79 Å². The molecule has 0 radical (unpaired) electrons. The first-order valence-corrected chi connectivity index (χ1v) is 10.3. The Kier molecular flexibility index (Phi) is 6.52. The Bertz CT molecular complexity index is 563. The number of rotatable bonds is 7. The first-order chi connectivity index (χ1) is 12.2. The van der Waals surface area contributed by atoms with E-state index in [4.69, 9.17) is 0 Å². The lowest BCUT2D eigenvalue weighted by Gasteiger charge is -2.35. The molecule has 0 aliphatic carbocycles. The van der Waals surface area contributed by atoms with Gasteiger partial charge >= 0.3 is 0 Å². The standard InChI is InChI=1S/C22H34N2O/c1-3-4-7-18-10-12-24(13-11-18)16-17(2)14-19-15-22(25)23-21-9-6-5-8-20(19)21/h5-6,8-9,17-19H,3-4,7,10-16H2,1-2H3,(H,23,25)/t17-,19+/m1/s1. The van der Waals surface area contributed by atoms with Crippen LogP contribution in [0.4, 0.5) is 5.69 Å². The zero-order valence-corrected chi connectivity index (χ0v) is 16.0. The Hall–Kier alpha value is -1.35. The van der Waals surface area contributed by atoms with Gasteiger partial charge in [-0.1, -0.05) is 51.3 Å². The van der Waals surface area contributed by atoms with E-state index in [1.807, 2.05) is 12.1 Å². The zero-order valence-electron chi connectivity index (χ0n) is 16.0. The van der Waals surface area contributed by atoms with Crippen molar-refractivity contribution in [3.05, 3.63) is 29.8 Å². The molecule has 1 aromatic rings. The summed E-state index contributed by atoms with van der Waals surface area (Å²) in [5.74, 6) is 2.14. The van der Waals surface area contributed by atoms with Gasteiger partial charge in [-0.15, -0.1) is 0 Å². The first kappa shape index (κ1) is 18.4. The number of fused-ring (bicyclic) bond motifs is 1. The smallest absolute Gasteiger partial charge is 0.224 e. The fourth-order valence-corrected chi connectivity index (χ4v) is 4.66. The minimum atomic E-state index is 0.174. The molecule has 1 fully saturated rings. The normalized spacial score (nSPS) is 23.1. The summed E-state index contributed by atoms with van der Waals surface area (Å²) in [7, 11) is 0. The lowest BCUT2D eigenvalue weighted by atomic mass is 9.83. The molecular formula is C22H34N2O. The van der Waals surface area contributed by atoms with Crippen molar-refractivity contribution in [3.8, 4) is 0 Å². The van der Waals surface area contributed by atoms with E-state index in [1.54, 1.807) is 0 Å². The van der Waals surface area contributed by atoms with Crippen LogP contribution < -0.4 is 5.32 Å². The van der Waals surface area contributed by atoms with Crippen molar-refractivity contribution in [2.24, 2.45) is 11.8 Å². The molecule has 0 unspecified atom stereocenters. The van der Waals surface area contributed by atoms with Crippen molar-refractivity contribution in [1.82, 2.24) is 4.90 Å². The molecule has 2 aliphatic heterocycles. The van der Waals surface area contributed by atoms with Crippen molar-refractivity contribution in [2.75, 3.05) is 25.0 Å². The minimum absolute atomic E-state index is 0.174. The third-order valence-electron chi connectivity index (χ3n) is 6.04. The van der Waals surface area contributed by atoms with Crippen molar-refractivity contribution in [1.29, 1.82) is 0 Å². The fourth-order valence-electron chi connectivity index (χ4n) is 4.66. The molecule has 25 heavy (non-hydrogen) atoms. The lowest BCUT2D eigenvalue weighted by Crippen LogP contribution is -2.37. The predicted molar refractivity (Wildman–Crippen MR) is 105 cm³/mol. The number of nitrogens with one attached hydrogen (secondary N) is 1. The highest BCUT2D eigenvalue weighted by Crippen LogP contribution is 2.36. The number of amides is 1. The van der Waals surface area contributed by atoms with E-state index >= 15 is 0 Å². The maximum atomic E-state index is 12.0. The number of piperidine rings is 1. The molecule has 3 heteroatoms. The van der Waals surface area contributed by atoms with Crippen molar-refractivity contribution >= 4 is 11.6 Å². The van der Waals surface area contributed by atoms with Crippen molar-refractivity contribution < 1.29 is 4.79 Å². The summed E-state index contributed by atoms with van der Waals surface area (Å²) in [5.41, 5.74) is 2.35. The number of nitrogens with zero attached hydrogens (tertiary/aromatic N) is 1. The number of para-hydroxylation sites is 1. The van der Waals surface area contributed by atoms with Crippen LogP contribution in [0.5, 0.6) is 0 Å². The van der Waals surface area contributed by atoms with Crippen molar-refractivity contribution in [3.63, 3.8) is 0 Å². The first-order valence-electron chi connectivity index (χ1n) is 10.3. The summed E-state index contributed by atoms with van der Waals surface area (Å²) < 4.78 is 0. The van der Waals surface area contributed by atoms with Gasteiger partial charge in [0, 0.05) is 18.7 Å². The molecule has 0 spiro atoms. The van der Waals surface area contributed by atoms with Gasteiger partial charge in [-0.25, -0.2) is 0 Å². The number of unbranched alkanes of at least 4 members (excludes halogenated alkanes) is 1. The summed E-state index contributed by atoms with van der Waals surface area (Å²) in [5, 5.41) is 3.02. The van der Waals surface area contributed by atoms with E-state index in [1.165, 1.54) is 57.3 Å². The summed E-state index contributed by atoms with van der Waals surface area (Å²) in [6, 6.07) is 8.32. The molecule has 0 saturated carbocycles. The number of benzene rings is 1. The SMILES string of the molecule is CCCCC1CCN(C[C@H](C)C[C@H]2CC(=O)Nc3ccccc32)CC1. The Labute approximate surface area is 153 Å². The van der Waals surface area contributed by atoms with Crippen LogP contribution >= 0.6 is 0 Å². The monoisotopic (exact) mass is 342 g/mol. The Balaban J connectivity index is 1.49. The van der Waals surface area contributed by atoms with Crippen LogP contribution in [0, 0.1) is 11.8 Å². The van der Waals surface area contributed by atoms with Gasteiger partial charge in [0.2, 0.25) is 5.91 Å². The van der Waals surface area contributed by atoms with Crippen LogP contribution in [0.25, 0.3) is 0 Å². The molecule has 1 saturated heterocycles. The zero-order chi connectivity index (χ0) is 17.6. The molecule has 1 amide bonds. The summed E-state index contributed by atoms with van der Waals surface area (Å²) >= 11 is 0. The van der Waals surface area contributed by atoms with Gasteiger partial charge in [0.1, 0.15) is 0 Å². The van der Waals surface area contributed by atoms with E-state index in [-0.39, 0.29) is 5.91 Å². The maximum absolute atomic E-state index is 12.0. The van der Waals surface area contributed by atoms with Gasteiger partial charge < -0.3 is 10.2 Å². The maximum Gasteiger partial charge on any atom is 0.224 e. The third-order valence-corrected chi connectivity index (χ3v) is 6.04. The summed E-state index contributed by atoms with van der Waals surface area (Å²) in [4.78, 5) is 14.7. The second kappa shape index (κ2) is 8.84. The molecule has 2 atom stereocenters. The molecular weight excluding hydrogens is 308 g/mol. The van der Waals surface area contributed by atoms with Gasteiger partial charge in [-0.3, -0.25) is 4.79 Å². The highest BCUT2D eigenvalue weighted by molar-refractivity contribution is 5.94. The number of hydrogen-bond acceptors (Lipinski definition) is 2. The molecule has 1 aromatic carbocycles. The summed E-state index contributed by atoms with van der Waals surface area (Å²) in [6.07, 6.45) is 8.65. The van der Waals surface area contributed by atoms with E-state index in [0.29, 0.717) is 18.3 Å². The second-order valence-electron chi connectivity index (χ2n) is 8.26. The summed E-state index contributed by atoms with van der Waals surface area (Å²) in [6.45, 7) is 8.36. The number of anilines is 1. The van der Waals surface area contributed by atoms with E-state index in [2.05, 4.69) is 36.2 Å². The number of hydrogen-bond donors (Lipinski definition) is 1. The number of carbonyl (C=O) groups excluding carboxylic acids is 1. The van der Waals surface area contributed by atoms with Crippen LogP contribution in [0.2, 0.25) is 0 Å².